The second kappa shape index (κ2) is 3.89. The summed E-state index contributed by atoms with van der Waals surface area (Å²) in [5.74, 6) is 0. The summed E-state index contributed by atoms with van der Waals surface area (Å²) >= 11 is 0. The molecule has 1 rings (SSSR count). The molecular formula is C9H13NO2S. The summed E-state index contributed by atoms with van der Waals surface area (Å²) in [5.41, 5.74) is 5.32. The third-order valence-electron chi connectivity index (χ3n) is 1.93. The van der Waals surface area contributed by atoms with Gasteiger partial charge >= 0.3 is 0 Å². The van der Waals surface area contributed by atoms with E-state index < -0.39 is 15.1 Å². The van der Waals surface area contributed by atoms with Gasteiger partial charge in [0, 0.05) is 6.54 Å². The summed E-state index contributed by atoms with van der Waals surface area (Å²) in [6.07, 6.45) is 0. The van der Waals surface area contributed by atoms with Crippen LogP contribution in [0.1, 0.15) is 6.92 Å². The minimum atomic E-state index is -3.21. The molecule has 0 bridgehead atoms. The van der Waals surface area contributed by atoms with Gasteiger partial charge in [-0.15, -0.1) is 0 Å². The van der Waals surface area contributed by atoms with E-state index in [2.05, 4.69) is 0 Å². The third kappa shape index (κ3) is 2.08. The molecule has 1 aromatic rings. The lowest BCUT2D eigenvalue weighted by Crippen LogP contribution is -2.26. The van der Waals surface area contributed by atoms with E-state index in [1.165, 1.54) is 0 Å². The van der Waals surface area contributed by atoms with Crippen LogP contribution in [0.25, 0.3) is 0 Å². The number of benzene rings is 1. The normalized spacial score (nSPS) is 14.0. The quantitative estimate of drug-likeness (QED) is 0.783. The number of nitrogens with two attached hydrogens (primary N) is 1. The van der Waals surface area contributed by atoms with E-state index >= 15 is 0 Å². The number of sulfone groups is 1. The molecule has 0 radical (unpaired) electrons. The van der Waals surface area contributed by atoms with Gasteiger partial charge in [0.2, 0.25) is 0 Å². The Morgan fingerprint density at radius 1 is 1.31 bits per heavy atom. The second-order valence-corrected chi connectivity index (χ2v) is 5.27. The molecule has 0 aliphatic carbocycles. The van der Waals surface area contributed by atoms with Crippen LogP contribution in [-0.2, 0) is 9.84 Å². The third-order valence-corrected chi connectivity index (χ3v) is 4.11. The fourth-order valence-electron chi connectivity index (χ4n) is 0.969. The average Bonchev–Trinajstić information content (AvgIpc) is 2.18. The Morgan fingerprint density at radius 2 is 1.85 bits per heavy atom. The topological polar surface area (TPSA) is 60.2 Å². The highest BCUT2D eigenvalue weighted by molar-refractivity contribution is 7.92. The van der Waals surface area contributed by atoms with Crippen LogP contribution in [-0.4, -0.2) is 20.2 Å². The van der Waals surface area contributed by atoms with Gasteiger partial charge in [0.1, 0.15) is 0 Å². The molecule has 2 N–H and O–H groups in total. The van der Waals surface area contributed by atoms with Gasteiger partial charge in [-0.2, -0.15) is 0 Å². The molecule has 1 aromatic carbocycles. The van der Waals surface area contributed by atoms with E-state index in [0.717, 1.165) is 0 Å². The van der Waals surface area contributed by atoms with Gasteiger partial charge in [-0.1, -0.05) is 18.2 Å². The first kappa shape index (κ1) is 10.2. The highest BCUT2D eigenvalue weighted by Crippen LogP contribution is 2.14. The Bertz CT molecular complexity index is 358. The van der Waals surface area contributed by atoms with Crippen molar-refractivity contribution in [1.82, 2.24) is 0 Å². The monoisotopic (exact) mass is 199 g/mol. The minimum absolute atomic E-state index is 0.150. The number of rotatable bonds is 3. The highest BCUT2D eigenvalue weighted by atomic mass is 32.2. The lowest BCUT2D eigenvalue weighted by atomic mass is 10.4. The molecule has 13 heavy (non-hydrogen) atoms. The molecule has 1 atom stereocenters. The Balaban J connectivity index is 3.09. The van der Waals surface area contributed by atoms with Crippen LogP contribution in [0.2, 0.25) is 0 Å². The largest absolute Gasteiger partial charge is 0.329 e. The number of hydrogen-bond acceptors (Lipinski definition) is 3. The smallest absolute Gasteiger partial charge is 0.182 e. The van der Waals surface area contributed by atoms with E-state index in [0.29, 0.717) is 4.90 Å². The molecule has 0 heterocycles. The summed E-state index contributed by atoms with van der Waals surface area (Å²) in [4.78, 5) is 0.341. The standard InChI is InChI=1S/C9H13NO2S/c1-8(7-10)13(11,12)9-5-3-2-4-6-9/h2-6,8H,7,10H2,1H3/t8-/m1/s1. The predicted octanol–water partition coefficient (Wildman–Crippen LogP) is 0.808. The highest BCUT2D eigenvalue weighted by Gasteiger charge is 2.20. The summed E-state index contributed by atoms with van der Waals surface area (Å²) < 4.78 is 23.4. The van der Waals surface area contributed by atoms with E-state index in [9.17, 15) is 8.42 Å². The van der Waals surface area contributed by atoms with Gasteiger partial charge < -0.3 is 5.73 Å². The molecule has 3 nitrogen and oxygen atoms in total. The van der Waals surface area contributed by atoms with E-state index in [1.54, 1.807) is 37.3 Å². The molecule has 0 saturated carbocycles. The fourth-order valence-corrected chi connectivity index (χ4v) is 2.22. The maximum absolute atomic E-state index is 11.7. The average molecular weight is 199 g/mol. The summed E-state index contributed by atoms with van der Waals surface area (Å²) in [5, 5.41) is -0.519. The minimum Gasteiger partial charge on any atom is -0.329 e. The number of hydrogen-bond donors (Lipinski definition) is 1. The van der Waals surface area contributed by atoms with Crippen LogP contribution in [0, 0.1) is 0 Å². The second-order valence-electron chi connectivity index (χ2n) is 2.90. The molecule has 72 valence electrons. The van der Waals surface area contributed by atoms with Crippen molar-refractivity contribution in [1.29, 1.82) is 0 Å². The molecule has 0 aliphatic rings. The SMILES string of the molecule is C[C@H](CN)S(=O)(=O)c1ccccc1. The molecule has 0 amide bonds. The Kier molecular flexibility index (Phi) is 3.06. The Morgan fingerprint density at radius 3 is 2.31 bits per heavy atom. The van der Waals surface area contributed by atoms with E-state index in [-0.39, 0.29) is 6.54 Å². The van der Waals surface area contributed by atoms with Crippen molar-refractivity contribution in [2.24, 2.45) is 5.73 Å². The Labute approximate surface area is 78.5 Å². The van der Waals surface area contributed by atoms with Crippen molar-refractivity contribution in [2.75, 3.05) is 6.54 Å². The van der Waals surface area contributed by atoms with Crippen LogP contribution in [0.3, 0.4) is 0 Å². The van der Waals surface area contributed by atoms with Crippen molar-refractivity contribution in [2.45, 2.75) is 17.1 Å². The molecular weight excluding hydrogens is 186 g/mol. The molecule has 0 unspecified atom stereocenters. The van der Waals surface area contributed by atoms with Gasteiger partial charge in [0.05, 0.1) is 10.1 Å². The molecule has 0 fully saturated rings. The molecule has 4 heteroatoms. The van der Waals surface area contributed by atoms with E-state index in [4.69, 9.17) is 5.73 Å². The van der Waals surface area contributed by atoms with Crippen LogP contribution >= 0.6 is 0 Å². The zero-order chi connectivity index (χ0) is 9.90. The first-order chi connectivity index (χ1) is 6.09. The predicted molar refractivity (Wildman–Crippen MR) is 52.1 cm³/mol. The summed E-state index contributed by atoms with van der Waals surface area (Å²) in [6.45, 7) is 1.76. The van der Waals surface area contributed by atoms with Crippen LogP contribution in [0.15, 0.2) is 35.2 Å². The fraction of sp³-hybridized carbons (Fsp3) is 0.333. The van der Waals surface area contributed by atoms with Crippen molar-refractivity contribution in [3.05, 3.63) is 30.3 Å². The first-order valence-electron chi connectivity index (χ1n) is 4.08. The summed E-state index contributed by atoms with van der Waals surface area (Å²) in [6, 6.07) is 8.36. The van der Waals surface area contributed by atoms with Crippen molar-refractivity contribution < 1.29 is 8.42 Å². The maximum Gasteiger partial charge on any atom is 0.182 e. The van der Waals surface area contributed by atoms with Crippen molar-refractivity contribution in [3.63, 3.8) is 0 Å². The van der Waals surface area contributed by atoms with Gasteiger partial charge in [0.15, 0.2) is 9.84 Å². The lowest BCUT2D eigenvalue weighted by Gasteiger charge is -2.09. The summed E-state index contributed by atoms with van der Waals surface area (Å²) in [7, 11) is -3.21. The molecule has 0 saturated heterocycles. The van der Waals surface area contributed by atoms with Crippen molar-refractivity contribution in [3.8, 4) is 0 Å². The van der Waals surface area contributed by atoms with Crippen LogP contribution in [0.4, 0.5) is 0 Å². The van der Waals surface area contributed by atoms with E-state index in [1.807, 2.05) is 0 Å². The Hall–Kier alpha value is -0.870. The van der Waals surface area contributed by atoms with Crippen molar-refractivity contribution >= 4 is 9.84 Å². The van der Waals surface area contributed by atoms with Gasteiger partial charge in [0.25, 0.3) is 0 Å². The van der Waals surface area contributed by atoms with Gasteiger partial charge in [-0.05, 0) is 19.1 Å². The van der Waals surface area contributed by atoms with Gasteiger partial charge in [-0.3, -0.25) is 0 Å². The maximum atomic E-state index is 11.7. The lowest BCUT2D eigenvalue weighted by molar-refractivity contribution is 0.584. The van der Waals surface area contributed by atoms with Crippen LogP contribution in [0.5, 0.6) is 0 Å². The zero-order valence-corrected chi connectivity index (χ0v) is 8.29. The van der Waals surface area contributed by atoms with Crippen LogP contribution < -0.4 is 5.73 Å². The van der Waals surface area contributed by atoms with Gasteiger partial charge in [-0.25, -0.2) is 8.42 Å². The first-order valence-corrected chi connectivity index (χ1v) is 5.62. The molecule has 0 spiro atoms. The zero-order valence-electron chi connectivity index (χ0n) is 7.47. The molecule has 0 aliphatic heterocycles. The molecule has 0 aromatic heterocycles.